The summed E-state index contributed by atoms with van der Waals surface area (Å²) in [6.07, 6.45) is 2.69. The van der Waals surface area contributed by atoms with Crippen molar-refractivity contribution in [3.05, 3.63) is 89.5 Å². The van der Waals surface area contributed by atoms with Gasteiger partial charge in [-0.3, -0.25) is 14.4 Å². The van der Waals surface area contributed by atoms with Crippen LogP contribution in [0.15, 0.2) is 73.3 Å². The van der Waals surface area contributed by atoms with Gasteiger partial charge in [-0.2, -0.15) is 0 Å². The van der Waals surface area contributed by atoms with Crippen LogP contribution in [0, 0.1) is 17.8 Å². The SMILES string of the molecule is C=CCOCCC[C@@H]1CNC(=O)[C@@H](Cc2ccc(OC)c(Cl)c2)NC(=O)/C=C/C[C@@H]([C@H](C)[C@H]2OC(C)(C)O[C@@H]2c2ccccc2)OC(=O)[C@H](CC(C)C)OC1=O. The second-order valence-electron chi connectivity index (χ2n) is 15.1. The molecule has 0 radical (unpaired) electrons. The first-order chi connectivity index (χ1) is 26.7. The van der Waals surface area contributed by atoms with Crippen molar-refractivity contribution in [1.29, 1.82) is 0 Å². The molecule has 12 nitrogen and oxygen atoms in total. The zero-order chi connectivity index (χ0) is 40.8. The highest BCUT2D eigenvalue weighted by atomic mass is 35.5. The van der Waals surface area contributed by atoms with Crippen LogP contribution in [-0.2, 0) is 49.3 Å². The van der Waals surface area contributed by atoms with E-state index in [1.54, 1.807) is 30.4 Å². The Kier molecular flexibility index (Phi) is 17.0. The molecule has 7 atom stereocenters. The second-order valence-corrected chi connectivity index (χ2v) is 15.5. The Morgan fingerprint density at radius 1 is 1.02 bits per heavy atom. The molecule has 0 aliphatic carbocycles. The maximum absolute atomic E-state index is 14.0. The van der Waals surface area contributed by atoms with E-state index in [9.17, 15) is 19.2 Å². The van der Waals surface area contributed by atoms with Gasteiger partial charge in [0, 0.05) is 31.9 Å². The van der Waals surface area contributed by atoms with Gasteiger partial charge in [0.2, 0.25) is 11.8 Å². The molecule has 0 bridgehead atoms. The van der Waals surface area contributed by atoms with Gasteiger partial charge in [0.15, 0.2) is 11.9 Å². The molecule has 4 rings (SSSR count). The number of esters is 2. The van der Waals surface area contributed by atoms with Crippen molar-refractivity contribution in [3.8, 4) is 5.75 Å². The van der Waals surface area contributed by atoms with E-state index in [4.69, 9.17) is 40.0 Å². The molecule has 2 aromatic carbocycles. The van der Waals surface area contributed by atoms with Gasteiger partial charge in [0.05, 0.1) is 30.8 Å². The highest BCUT2D eigenvalue weighted by molar-refractivity contribution is 6.32. The van der Waals surface area contributed by atoms with Gasteiger partial charge in [-0.05, 0) is 68.4 Å². The van der Waals surface area contributed by atoms with Crippen molar-refractivity contribution < 1.29 is 47.6 Å². The van der Waals surface area contributed by atoms with E-state index in [-0.39, 0.29) is 31.7 Å². The molecule has 13 heteroatoms. The molecule has 2 N–H and O–H groups in total. The number of ether oxygens (including phenoxy) is 6. The summed E-state index contributed by atoms with van der Waals surface area (Å²) in [7, 11) is 1.50. The fourth-order valence-corrected chi connectivity index (χ4v) is 7.08. The fraction of sp³-hybridized carbons (Fsp3) is 0.535. The minimum absolute atomic E-state index is 0.0297. The van der Waals surface area contributed by atoms with Gasteiger partial charge in [-0.15, -0.1) is 6.58 Å². The van der Waals surface area contributed by atoms with Gasteiger partial charge < -0.3 is 39.1 Å². The predicted octanol–water partition coefficient (Wildman–Crippen LogP) is 6.45. The lowest BCUT2D eigenvalue weighted by molar-refractivity contribution is -0.180. The average molecular weight is 797 g/mol. The van der Waals surface area contributed by atoms with Crippen molar-refractivity contribution in [1.82, 2.24) is 10.6 Å². The molecule has 2 aliphatic rings. The molecule has 2 heterocycles. The van der Waals surface area contributed by atoms with E-state index in [1.165, 1.54) is 13.2 Å². The van der Waals surface area contributed by atoms with Crippen molar-refractivity contribution in [2.24, 2.45) is 17.8 Å². The summed E-state index contributed by atoms with van der Waals surface area (Å²) in [5.41, 5.74) is 1.58. The molecule has 306 valence electrons. The summed E-state index contributed by atoms with van der Waals surface area (Å²) in [6.45, 7) is 13.7. The van der Waals surface area contributed by atoms with Crippen molar-refractivity contribution in [2.75, 3.05) is 26.9 Å². The van der Waals surface area contributed by atoms with Crippen LogP contribution in [0.2, 0.25) is 5.02 Å². The molecular weight excluding hydrogens is 740 g/mol. The summed E-state index contributed by atoms with van der Waals surface area (Å²) in [5.74, 6) is -4.18. The van der Waals surface area contributed by atoms with E-state index >= 15 is 0 Å². The van der Waals surface area contributed by atoms with E-state index in [0.717, 1.165) is 5.56 Å². The van der Waals surface area contributed by atoms with Crippen LogP contribution in [-0.4, -0.2) is 80.8 Å². The predicted molar refractivity (Wildman–Crippen MR) is 212 cm³/mol. The number of carbonyl (C=O) groups excluding carboxylic acids is 4. The van der Waals surface area contributed by atoms with Crippen LogP contribution in [0.25, 0.3) is 0 Å². The number of halogens is 1. The number of methoxy groups -OCH3 is 1. The number of hydrogen-bond donors (Lipinski definition) is 2. The first-order valence-electron chi connectivity index (χ1n) is 19.3. The molecule has 56 heavy (non-hydrogen) atoms. The molecular formula is C43H57ClN2O10. The zero-order valence-corrected chi connectivity index (χ0v) is 34.0. The number of benzene rings is 2. The number of carbonyl (C=O) groups is 4. The number of nitrogens with one attached hydrogen (secondary N) is 2. The van der Waals surface area contributed by atoms with E-state index in [1.807, 2.05) is 65.0 Å². The molecule has 2 aliphatic heterocycles. The minimum Gasteiger partial charge on any atom is -0.495 e. The van der Waals surface area contributed by atoms with Crippen LogP contribution >= 0.6 is 11.6 Å². The number of cyclic esters (lactones) is 2. The first kappa shape index (κ1) is 44.5. The molecule has 1 saturated heterocycles. The van der Waals surface area contributed by atoms with Crippen LogP contribution in [0.1, 0.15) is 77.5 Å². The standard InChI is InChI=1S/C43H57ClN2O10/c1-8-21-52-22-13-16-31-26-45-40(48)33(25-29-19-20-35(51-7)32(44)24-29)46-37(47)18-12-17-34(53-42(50)36(23-27(2)3)54-41(31)49)28(4)38-39(56-43(5,6)55-38)30-14-10-9-11-15-30/h8-12,14-15,18-20,24,27-28,31,33-34,36,38-39H,1,13,16-17,21-23,25-26H2,2-7H3,(H,45,48)(H,46,47)/b18-12+/t28-,31+,33+,34-,36-,38+,39+/m0/s1. The summed E-state index contributed by atoms with van der Waals surface area (Å²) in [6, 6.07) is 13.8. The van der Waals surface area contributed by atoms with Gasteiger partial charge in [-0.25, -0.2) is 4.79 Å². The van der Waals surface area contributed by atoms with Crippen LogP contribution in [0.5, 0.6) is 5.75 Å². The molecule has 2 aromatic rings. The van der Waals surface area contributed by atoms with Crippen LogP contribution in [0.4, 0.5) is 0 Å². The maximum atomic E-state index is 14.0. The average Bonchev–Trinajstić information content (AvgIpc) is 3.49. The Balaban J connectivity index is 1.69. The quantitative estimate of drug-likeness (QED) is 0.124. The maximum Gasteiger partial charge on any atom is 0.347 e. The summed E-state index contributed by atoms with van der Waals surface area (Å²) >= 11 is 6.39. The normalized spacial score (nSPS) is 26.1. The van der Waals surface area contributed by atoms with Crippen molar-refractivity contribution in [3.63, 3.8) is 0 Å². The Morgan fingerprint density at radius 3 is 2.45 bits per heavy atom. The molecule has 1 fully saturated rings. The Morgan fingerprint density at radius 2 is 1.77 bits per heavy atom. The number of rotatable bonds is 14. The second kappa shape index (κ2) is 21.3. The van der Waals surface area contributed by atoms with Gasteiger partial charge >= 0.3 is 11.9 Å². The van der Waals surface area contributed by atoms with Crippen LogP contribution in [0.3, 0.4) is 0 Å². The van der Waals surface area contributed by atoms with Gasteiger partial charge in [0.25, 0.3) is 0 Å². The zero-order valence-electron chi connectivity index (χ0n) is 33.3. The highest BCUT2D eigenvalue weighted by Gasteiger charge is 2.47. The monoisotopic (exact) mass is 796 g/mol. The van der Waals surface area contributed by atoms with E-state index < -0.39 is 71.8 Å². The summed E-state index contributed by atoms with van der Waals surface area (Å²) in [4.78, 5) is 55.2. The number of amides is 2. The lowest BCUT2D eigenvalue weighted by Crippen LogP contribution is -2.49. The molecule has 2 amide bonds. The third-order valence-electron chi connectivity index (χ3n) is 9.70. The molecule has 0 unspecified atom stereocenters. The summed E-state index contributed by atoms with van der Waals surface area (Å²) in [5, 5.41) is 5.99. The molecule has 0 aromatic heterocycles. The Hall–Kier alpha value is -4.23. The lowest BCUT2D eigenvalue weighted by atomic mass is 9.89. The summed E-state index contributed by atoms with van der Waals surface area (Å²) < 4.78 is 35.8. The van der Waals surface area contributed by atoms with E-state index in [0.29, 0.717) is 42.4 Å². The van der Waals surface area contributed by atoms with E-state index in [2.05, 4.69) is 17.2 Å². The Labute approximate surface area is 335 Å². The lowest BCUT2D eigenvalue weighted by Gasteiger charge is -2.31. The van der Waals surface area contributed by atoms with Crippen molar-refractivity contribution in [2.45, 2.75) is 103 Å². The third kappa shape index (κ3) is 13.2. The van der Waals surface area contributed by atoms with Gasteiger partial charge in [-0.1, -0.05) is 80.9 Å². The molecule has 0 spiro atoms. The Bertz CT molecular complexity index is 1660. The fourth-order valence-electron chi connectivity index (χ4n) is 6.80. The minimum atomic E-state index is -1.22. The van der Waals surface area contributed by atoms with Gasteiger partial charge in [0.1, 0.15) is 24.0 Å². The number of hydrogen-bond acceptors (Lipinski definition) is 10. The third-order valence-corrected chi connectivity index (χ3v) is 9.99. The topological polar surface area (TPSA) is 148 Å². The first-order valence-corrected chi connectivity index (χ1v) is 19.7. The molecule has 0 saturated carbocycles. The smallest absolute Gasteiger partial charge is 0.347 e. The largest absolute Gasteiger partial charge is 0.495 e. The van der Waals surface area contributed by atoms with Crippen molar-refractivity contribution >= 4 is 35.4 Å². The van der Waals surface area contributed by atoms with Crippen LogP contribution < -0.4 is 15.4 Å². The highest BCUT2D eigenvalue weighted by Crippen LogP contribution is 2.43.